The summed E-state index contributed by atoms with van der Waals surface area (Å²) in [6.07, 6.45) is -5.59. The summed E-state index contributed by atoms with van der Waals surface area (Å²) < 4.78 is 88.2. The number of methoxy groups -OCH3 is 1. The molecule has 190 valence electrons. The lowest BCUT2D eigenvalue weighted by atomic mass is 9.97. The molecule has 35 heavy (non-hydrogen) atoms. The largest absolute Gasteiger partial charge is 0.507 e. The summed E-state index contributed by atoms with van der Waals surface area (Å²) in [4.78, 5) is 12.4. The second-order valence-corrected chi connectivity index (χ2v) is 7.74. The van der Waals surface area contributed by atoms with Crippen molar-refractivity contribution in [1.82, 2.24) is 0 Å². The van der Waals surface area contributed by atoms with Gasteiger partial charge in [0.2, 0.25) is 0 Å². The molecule has 0 spiro atoms. The van der Waals surface area contributed by atoms with E-state index in [-0.39, 0.29) is 28.9 Å². The number of rotatable bonds is 9. The number of halogens is 6. The minimum atomic E-state index is -4.52. The maximum Gasteiger partial charge on any atom is 0.416 e. The Hall–Kier alpha value is -3.43. The van der Waals surface area contributed by atoms with E-state index < -0.39 is 42.7 Å². The smallest absolute Gasteiger partial charge is 0.416 e. The maximum absolute atomic E-state index is 14.1. The number of carbonyl (C=O) groups excluding carboxylic acids is 1. The van der Waals surface area contributed by atoms with Crippen LogP contribution in [0.4, 0.5) is 26.3 Å². The van der Waals surface area contributed by atoms with Crippen LogP contribution in [0.5, 0.6) is 11.5 Å². The van der Waals surface area contributed by atoms with Gasteiger partial charge in [-0.15, -0.1) is 0 Å². The molecule has 2 aromatic rings. The Bertz CT molecular complexity index is 1090. The maximum atomic E-state index is 14.1. The second kappa shape index (κ2) is 11.8. The van der Waals surface area contributed by atoms with Gasteiger partial charge in [0.1, 0.15) is 23.7 Å². The van der Waals surface area contributed by atoms with Gasteiger partial charge in [0, 0.05) is 5.56 Å². The van der Waals surface area contributed by atoms with Gasteiger partial charge in [0.25, 0.3) is 6.36 Å². The summed E-state index contributed by atoms with van der Waals surface area (Å²) in [7, 11) is 1.07. The van der Waals surface area contributed by atoms with Crippen molar-refractivity contribution in [3.8, 4) is 11.5 Å². The number of benzene rings is 2. The molecule has 0 aliphatic rings. The zero-order valence-electron chi connectivity index (χ0n) is 19.1. The number of carbonyl (C=O) groups is 1. The molecule has 0 amide bonds. The summed E-state index contributed by atoms with van der Waals surface area (Å²) in [6.45, 7) is 1.86. The van der Waals surface area contributed by atoms with Gasteiger partial charge in [0.05, 0.1) is 12.7 Å². The predicted molar refractivity (Wildman–Crippen MR) is 119 cm³/mol. The number of phenols is 1. The van der Waals surface area contributed by atoms with Gasteiger partial charge in [-0.3, -0.25) is 0 Å². The van der Waals surface area contributed by atoms with Crippen LogP contribution in [-0.4, -0.2) is 37.4 Å². The Labute approximate surface area is 198 Å². The number of ether oxygens (including phenoxy) is 2. The van der Waals surface area contributed by atoms with Crippen LogP contribution in [0.25, 0.3) is 12.2 Å². The minimum absolute atomic E-state index is 0.0321. The first-order valence-corrected chi connectivity index (χ1v) is 10.4. The molecule has 0 aliphatic heterocycles. The highest BCUT2D eigenvalue weighted by Crippen LogP contribution is 2.38. The van der Waals surface area contributed by atoms with Gasteiger partial charge in [-0.25, -0.2) is 13.6 Å². The van der Waals surface area contributed by atoms with E-state index in [1.54, 1.807) is 19.9 Å². The van der Waals surface area contributed by atoms with Crippen molar-refractivity contribution in [3.05, 3.63) is 69.8 Å². The minimum Gasteiger partial charge on any atom is -0.507 e. The molecule has 1 N–H and O–H groups in total. The predicted octanol–water partition coefficient (Wildman–Crippen LogP) is 6.86. The molecule has 0 saturated carbocycles. The fraction of sp³-hybridized carbons (Fsp3) is 0.320. The summed E-state index contributed by atoms with van der Waals surface area (Å²) in [5.41, 5.74) is -0.165. The number of alkyl halides is 6. The number of allylic oxidation sites excluding steroid dienone is 2. The number of esters is 1. The molecule has 2 rings (SSSR count). The fourth-order valence-corrected chi connectivity index (χ4v) is 3.00. The third-order valence-corrected chi connectivity index (χ3v) is 4.86. The topological polar surface area (TPSA) is 55.8 Å². The Morgan fingerprint density at radius 1 is 1.11 bits per heavy atom. The molecule has 2 aromatic carbocycles. The van der Waals surface area contributed by atoms with E-state index >= 15 is 0 Å². The van der Waals surface area contributed by atoms with E-state index in [0.29, 0.717) is 5.56 Å². The van der Waals surface area contributed by atoms with Crippen molar-refractivity contribution < 1.29 is 45.7 Å². The summed E-state index contributed by atoms with van der Waals surface area (Å²) in [5.74, 6) is -1.92. The molecule has 4 nitrogen and oxygen atoms in total. The average Bonchev–Trinajstić information content (AvgIpc) is 2.80. The fourth-order valence-electron chi connectivity index (χ4n) is 3.00. The molecule has 0 aliphatic carbocycles. The van der Waals surface area contributed by atoms with Crippen molar-refractivity contribution in [2.75, 3.05) is 13.8 Å². The van der Waals surface area contributed by atoms with Gasteiger partial charge in [-0.1, -0.05) is 35.9 Å². The lowest BCUT2D eigenvalue weighted by Crippen LogP contribution is -2.26. The third kappa shape index (κ3) is 7.27. The number of aromatic hydroxyl groups is 1. The molecule has 0 aromatic heterocycles. The van der Waals surface area contributed by atoms with Crippen molar-refractivity contribution >= 4 is 18.1 Å². The number of hydrogen-bond acceptors (Lipinski definition) is 4. The second-order valence-electron chi connectivity index (χ2n) is 7.74. The van der Waals surface area contributed by atoms with E-state index in [1.165, 1.54) is 24.3 Å². The van der Waals surface area contributed by atoms with Crippen LogP contribution in [0, 0.1) is 0 Å². The molecule has 2 unspecified atom stereocenters. The van der Waals surface area contributed by atoms with E-state index in [9.17, 15) is 36.2 Å². The van der Waals surface area contributed by atoms with Crippen molar-refractivity contribution in [1.29, 1.82) is 0 Å². The monoisotopic (exact) mass is 502 g/mol. The van der Waals surface area contributed by atoms with Crippen LogP contribution in [-0.2, 0) is 17.3 Å². The quantitative estimate of drug-likeness (QED) is 0.176. The van der Waals surface area contributed by atoms with Crippen LogP contribution in [0.3, 0.4) is 0 Å². The lowest BCUT2D eigenvalue weighted by molar-refractivity contribution is -0.137. The average molecular weight is 502 g/mol. The van der Waals surface area contributed by atoms with E-state index in [2.05, 4.69) is 0 Å². The summed E-state index contributed by atoms with van der Waals surface area (Å²) >= 11 is 0. The van der Waals surface area contributed by atoms with Crippen LogP contribution < -0.4 is 4.74 Å². The standard InChI is InChI=1S/C25H24F6O4/c1-14(2)4-11-18-20(35-23(28)19(27)13-26)12-16(21(22(18)32)24(33)34-3)8-5-15-6-9-17(10-7-15)25(29,30)31/h4-10,12,19,23,32H,11,13H2,1-3H3. The van der Waals surface area contributed by atoms with Gasteiger partial charge in [-0.2, -0.15) is 17.6 Å². The van der Waals surface area contributed by atoms with Crippen LogP contribution in [0.15, 0.2) is 42.0 Å². The summed E-state index contributed by atoms with van der Waals surface area (Å²) in [6, 6.07) is 5.23. The van der Waals surface area contributed by atoms with E-state index in [1.807, 2.05) is 0 Å². The van der Waals surface area contributed by atoms with Crippen molar-refractivity contribution in [2.24, 2.45) is 0 Å². The number of hydrogen-bond donors (Lipinski definition) is 1. The van der Waals surface area contributed by atoms with Crippen LogP contribution in [0.2, 0.25) is 0 Å². The Balaban J connectivity index is 2.62. The molecule has 0 fully saturated rings. The van der Waals surface area contributed by atoms with Gasteiger partial charge >= 0.3 is 12.1 Å². The zero-order valence-corrected chi connectivity index (χ0v) is 19.1. The summed E-state index contributed by atoms with van der Waals surface area (Å²) in [5, 5.41) is 10.8. The van der Waals surface area contributed by atoms with Crippen LogP contribution >= 0.6 is 0 Å². The Morgan fingerprint density at radius 2 is 1.74 bits per heavy atom. The first kappa shape index (κ1) is 27.8. The van der Waals surface area contributed by atoms with E-state index in [4.69, 9.17) is 9.47 Å². The van der Waals surface area contributed by atoms with Gasteiger partial charge in [0.15, 0.2) is 6.17 Å². The zero-order chi connectivity index (χ0) is 26.3. The molecule has 0 radical (unpaired) electrons. The highest BCUT2D eigenvalue weighted by Gasteiger charge is 2.30. The third-order valence-electron chi connectivity index (χ3n) is 4.86. The Kier molecular flexibility index (Phi) is 9.39. The highest BCUT2D eigenvalue weighted by atomic mass is 19.4. The SMILES string of the molecule is COC(=O)c1c(C=Cc2ccc(C(F)(F)F)cc2)cc(OC(F)C(F)CF)c(CC=C(C)C)c1O. The number of phenolic OH excluding ortho intramolecular Hbond substituents is 1. The van der Waals surface area contributed by atoms with Gasteiger partial charge in [-0.05, 0) is 49.6 Å². The molecule has 10 heteroatoms. The lowest BCUT2D eigenvalue weighted by Gasteiger charge is -2.19. The van der Waals surface area contributed by atoms with Gasteiger partial charge < -0.3 is 14.6 Å². The Morgan fingerprint density at radius 3 is 2.26 bits per heavy atom. The molecule has 2 atom stereocenters. The van der Waals surface area contributed by atoms with Crippen molar-refractivity contribution in [2.45, 2.75) is 39.0 Å². The normalized spacial score (nSPS) is 13.4. The molecular weight excluding hydrogens is 478 g/mol. The molecule has 0 heterocycles. The first-order valence-electron chi connectivity index (χ1n) is 10.4. The molecule has 0 saturated heterocycles. The first-order chi connectivity index (χ1) is 16.4. The molecular formula is C25H24F6O4. The van der Waals surface area contributed by atoms with Crippen LogP contribution in [0.1, 0.15) is 46.5 Å². The van der Waals surface area contributed by atoms with E-state index in [0.717, 1.165) is 30.9 Å². The highest BCUT2D eigenvalue weighted by molar-refractivity contribution is 5.98. The molecule has 0 bridgehead atoms. The van der Waals surface area contributed by atoms with Crippen molar-refractivity contribution in [3.63, 3.8) is 0 Å².